The number of likely N-dealkylation sites (tertiary alicyclic amines) is 1. The maximum Gasteiger partial charge on any atom is 0.230 e. The van der Waals surface area contributed by atoms with E-state index in [1.54, 1.807) is 7.11 Å². The van der Waals surface area contributed by atoms with Crippen LogP contribution in [0.2, 0.25) is 0 Å². The summed E-state index contributed by atoms with van der Waals surface area (Å²) >= 11 is 1.41. The van der Waals surface area contributed by atoms with Crippen molar-refractivity contribution >= 4 is 17.7 Å². The molecule has 0 radical (unpaired) electrons. The van der Waals surface area contributed by atoms with Gasteiger partial charge >= 0.3 is 0 Å². The van der Waals surface area contributed by atoms with Crippen molar-refractivity contribution in [2.24, 2.45) is 0 Å². The second-order valence-electron chi connectivity index (χ2n) is 7.82. The summed E-state index contributed by atoms with van der Waals surface area (Å²) in [5, 5.41) is 12.6. The molecule has 3 aromatic rings. The first-order valence-corrected chi connectivity index (χ1v) is 12.0. The lowest BCUT2D eigenvalue weighted by molar-refractivity contribution is -0.118. The first-order chi connectivity index (χ1) is 15.7. The van der Waals surface area contributed by atoms with Gasteiger partial charge in [0.15, 0.2) is 11.0 Å². The number of piperidine rings is 1. The standard InChI is InChI=1S/C24H29N5O2S/c1-31-21-12-10-19(11-13-21)16-25-23(30)18-32-24-27-26-22(17-28-14-6-3-7-15-28)29(24)20-8-4-2-5-9-20/h2,4-5,8-13H,3,6-7,14-18H2,1H3,(H,25,30). The van der Waals surface area contributed by atoms with E-state index in [4.69, 9.17) is 4.74 Å². The van der Waals surface area contributed by atoms with Crippen LogP contribution in [0.5, 0.6) is 5.75 Å². The van der Waals surface area contributed by atoms with Crippen molar-refractivity contribution in [1.82, 2.24) is 25.0 Å². The van der Waals surface area contributed by atoms with Crippen LogP contribution in [0.1, 0.15) is 30.7 Å². The third-order valence-corrected chi connectivity index (χ3v) is 6.44. The molecular formula is C24H29N5O2S. The molecule has 8 heteroatoms. The zero-order valence-electron chi connectivity index (χ0n) is 18.4. The van der Waals surface area contributed by atoms with Crippen LogP contribution in [0.15, 0.2) is 59.8 Å². The normalized spacial score (nSPS) is 14.3. The summed E-state index contributed by atoms with van der Waals surface area (Å²) in [5.74, 6) is 1.96. The minimum atomic E-state index is -0.0361. The maximum atomic E-state index is 12.5. The predicted molar refractivity (Wildman–Crippen MR) is 126 cm³/mol. The Hall–Kier alpha value is -2.84. The molecule has 32 heavy (non-hydrogen) atoms. The van der Waals surface area contributed by atoms with Crippen LogP contribution in [-0.2, 0) is 17.9 Å². The van der Waals surface area contributed by atoms with Crippen LogP contribution in [0, 0.1) is 0 Å². The molecule has 1 aromatic heterocycles. The topological polar surface area (TPSA) is 72.3 Å². The number of aromatic nitrogens is 3. The van der Waals surface area contributed by atoms with Gasteiger partial charge in [-0.15, -0.1) is 10.2 Å². The number of para-hydroxylation sites is 1. The highest BCUT2D eigenvalue weighted by Gasteiger charge is 2.19. The monoisotopic (exact) mass is 451 g/mol. The van der Waals surface area contributed by atoms with E-state index in [0.717, 1.165) is 47.6 Å². The first kappa shape index (κ1) is 22.4. The summed E-state index contributed by atoms with van der Waals surface area (Å²) in [6.45, 7) is 3.44. The Kier molecular flexibility index (Phi) is 7.79. The first-order valence-electron chi connectivity index (χ1n) is 11.0. The lowest BCUT2D eigenvalue weighted by Crippen LogP contribution is -2.30. The van der Waals surface area contributed by atoms with Crippen molar-refractivity contribution in [3.63, 3.8) is 0 Å². The van der Waals surface area contributed by atoms with Crippen LogP contribution in [-0.4, -0.2) is 51.5 Å². The molecule has 2 aromatic carbocycles. The molecule has 1 fully saturated rings. The molecule has 1 saturated heterocycles. The van der Waals surface area contributed by atoms with Gasteiger partial charge < -0.3 is 10.1 Å². The Balaban J connectivity index is 1.40. The van der Waals surface area contributed by atoms with Crippen LogP contribution in [0.4, 0.5) is 0 Å². The molecule has 0 atom stereocenters. The highest BCUT2D eigenvalue weighted by molar-refractivity contribution is 7.99. The molecule has 1 amide bonds. The van der Waals surface area contributed by atoms with Gasteiger partial charge in [0.25, 0.3) is 0 Å². The van der Waals surface area contributed by atoms with Gasteiger partial charge in [0.05, 0.1) is 19.4 Å². The Labute approximate surface area is 193 Å². The zero-order valence-corrected chi connectivity index (χ0v) is 19.2. The fraction of sp³-hybridized carbons (Fsp3) is 0.375. The van der Waals surface area contributed by atoms with E-state index in [9.17, 15) is 4.79 Å². The fourth-order valence-corrected chi connectivity index (χ4v) is 4.58. The summed E-state index contributed by atoms with van der Waals surface area (Å²) in [7, 11) is 1.64. The molecule has 2 heterocycles. The summed E-state index contributed by atoms with van der Waals surface area (Å²) < 4.78 is 7.25. The van der Waals surface area contributed by atoms with Gasteiger partial charge in [-0.05, 0) is 55.8 Å². The predicted octanol–water partition coefficient (Wildman–Crippen LogP) is 3.67. The fourth-order valence-electron chi connectivity index (χ4n) is 3.78. The Morgan fingerprint density at radius 3 is 2.50 bits per heavy atom. The minimum absolute atomic E-state index is 0.0361. The molecule has 7 nitrogen and oxygen atoms in total. The summed E-state index contributed by atoms with van der Waals surface area (Å²) in [4.78, 5) is 14.9. The van der Waals surface area contributed by atoms with E-state index in [1.807, 2.05) is 42.5 Å². The van der Waals surface area contributed by atoms with Crippen LogP contribution >= 0.6 is 11.8 Å². The van der Waals surface area contributed by atoms with Crippen molar-refractivity contribution in [3.8, 4) is 11.4 Å². The number of hydrogen-bond donors (Lipinski definition) is 1. The number of carbonyl (C=O) groups excluding carboxylic acids is 1. The van der Waals surface area contributed by atoms with Gasteiger partial charge in [0.1, 0.15) is 5.75 Å². The number of nitrogens with zero attached hydrogens (tertiary/aromatic N) is 4. The maximum absolute atomic E-state index is 12.5. The average Bonchev–Trinajstić information content (AvgIpc) is 3.25. The van der Waals surface area contributed by atoms with E-state index in [1.165, 1.54) is 31.0 Å². The Bertz CT molecular complexity index is 1000. The van der Waals surface area contributed by atoms with Gasteiger partial charge in [0, 0.05) is 12.2 Å². The molecule has 0 aliphatic carbocycles. The highest BCUT2D eigenvalue weighted by Crippen LogP contribution is 2.23. The lowest BCUT2D eigenvalue weighted by atomic mass is 10.1. The number of benzene rings is 2. The van der Waals surface area contributed by atoms with Crippen LogP contribution in [0.3, 0.4) is 0 Å². The Morgan fingerprint density at radius 1 is 1.03 bits per heavy atom. The quantitative estimate of drug-likeness (QED) is 0.501. The molecule has 1 N–H and O–H groups in total. The molecule has 1 aliphatic rings. The van der Waals surface area contributed by atoms with Gasteiger partial charge in [-0.2, -0.15) is 0 Å². The van der Waals surface area contributed by atoms with Gasteiger partial charge in [-0.3, -0.25) is 14.3 Å². The van der Waals surface area contributed by atoms with Crippen molar-refractivity contribution in [1.29, 1.82) is 0 Å². The van der Waals surface area contributed by atoms with E-state index < -0.39 is 0 Å². The molecule has 0 bridgehead atoms. The largest absolute Gasteiger partial charge is 0.497 e. The molecule has 0 unspecified atom stereocenters. The number of thioether (sulfide) groups is 1. The van der Waals surface area contributed by atoms with Crippen molar-refractivity contribution in [3.05, 3.63) is 66.0 Å². The molecule has 168 valence electrons. The number of carbonyl (C=O) groups is 1. The number of rotatable bonds is 9. The number of methoxy groups -OCH3 is 1. The number of ether oxygens (including phenoxy) is 1. The molecule has 1 aliphatic heterocycles. The lowest BCUT2D eigenvalue weighted by Gasteiger charge is -2.26. The van der Waals surface area contributed by atoms with Gasteiger partial charge in [-0.25, -0.2) is 0 Å². The van der Waals surface area contributed by atoms with Crippen molar-refractivity contribution in [2.75, 3.05) is 26.0 Å². The second-order valence-corrected chi connectivity index (χ2v) is 8.76. The van der Waals surface area contributed by atoms with E-state index in [0.29, 0.717) is 6.54 Å². The smallest absolute Gasteiger partial charge is 0.230 e. The summed E-state index contributed by atoms with van der Waals surface area (Å²) in [5.41, 5.74) is 2.05. The van der Waals surface area contributed by atoms with E-state index in [2.05, 4.69) is 37.1 Å². The van der Waals surface area contributed by atoms with E-state index >= 15 is 0 Å². The summed E-state index contributed by atoms with van der Waals surface area (Å²) in [6, 6.07) is 17.8. The summed E-state index contributed by atoms with van der Waals surface area (Å²) in [6.07, 6.45) is 3.76. The highest BCUT2D eigenvalue weighted by atomic mass is 32.2. The van der Waals surface area contributed by atoms with Gasteiger partial charge in [-0.1, -0.05) is 48.5 Å². The number of amides is 1. The second kappa shape index (κ2) is 11.2. The van der Waals surface area contributed by atoms with Crippen LogP contribution in [0.25, 0.3) is 5.69 Å². The minimum Gasteiger partial charge on any atom is -0.497 e. The molecule has 0 saturated carbocycles. The third kappa shape index (κ3) is 5.89. The van der Waals surface area contributed by atoms with Crippen molar-refractivity contribution < 1.29 is 9.53 Å². The molecule has 4 rings (SSSR count). The number of hydrogen-bond acceptors (Lipinski definition) is 6. The average molecular weight is 452 g/mol. The Morgan fingerprint density at radius 2 is 1.78 bits per heavy atom. The van der Waals surface area contributed by atoms with E-state index in [-0.39, 0.29) is 11.7 Å². The van der Waals surface area contributed by atoms with Gasteiger partial charge in [0.2, 0.25) is 5.91 Å². The molecular weight excluding hydrogens is 422 g/mol. The van der Waals surface area contributed by atoms with Crippen LogP contribution < -0.4 is 10.1 Å². The third-order valence-electron chi connectivity index (χ3n) is 5.51. The van der Waals surface area contributed by atoms with Crippen molar-refractivity contribution in [2.45, 2.75) is 37.5 Å². The number of nitrogens with one attached hydrogen (secondary N) is 1. The zero-order chi connectivity index (χ0) is 22.2. The molecule has 0 spiro atoms. The SMILES string of the molecule is COc1ccc(CNC(=O)CSc2nnc(CN3CCCCC3)n2-c2ccccc2)cc1.